The summed E-state index contributed by atoms with van der Waals surface area (Å²) in [5.41, 5.74) is 0.625. The van der Waals surface area contributed by atoms with Crippen molar-refractivity contribution in [2.75, 3.05) is 6.61 Å². The number of hydrogen-bond donors (Lipinski definition) is 0. The van der Waals surface area contributed by atoms with Gasteiger partial charge in [-0.3, -0.25) is 10.1 Å². The first kappa shape index (κ1) is 16.0. The number of nitro benzene ring substituents is 1. The van der Waals surface area contributed by atoms with Crippen LogP contribution in [0.5, 0.6) is 5.75 Å². The van der Waals surface area contributed by atoms with Crippen molar-refractivity contribution < 1.29 is 9.66 Å². The zero-order valence-electron chi connectivity index (χ0n) is 11.4. The Bertz CT molecular complexity index is 576. The largest absolute Gasteiger partial charge is 0.487 e. The molecule has 0 aliphatic carbocycles. The molecule has 0 heterocycles. The molecule has 0 N–H and O–H groups in total. The normalized spacial score (nSPS) is 11.5. The van der Waals surface area contributed by atoms with Crippen molar-refractivity contribution in [1.29, 1.82) is 5.26 Å². The Morgan fingerprint density at radius 2 is 2.20 bits per heavy atom. The van der Waals surface area contributed by atoms with Gasteiger partial charge in [0, 0.05) is 17.2 Å². The van der Waals surface area contributed by atoms with Crippen LogP contribution < -0.4 is 4.74 Å². The van der Waals surface area contributed by atoms with Crippen LogP contribution in [0.2, 0.25) is 0 Å². The second kappa shape index (κ2) is 7.51. The number of allylic oxidation sites excluding steroid dienone is 1. The quantitative estimate of drug-likeness (QED) is 0.446. The second-order valence-electron chi connectivity index (χ2n) is 4.00. The number of ether oxygens (including phenoxy) is 1. The molecule has 1 rings (SSSR count). The summed E-state index contributed by atoms with van der Waals surface area (Å²) in [6.45, 7) is 3.94. The molecule has 0 aromatic heterocycles. The van der Waals surface area contributed by atoms with Crippen LogP contribution in [-0.4, -0.2) is 11.5 Å². The van der Waals surface area contributed by atoms with Gasteiger partial charge in [-0.25, -0.2) is 0 Å². The van der Waals surface area contributed by atoms with Crippen LogP contribution >= 0.6 is 11.6 Å². The minimum Gasteiger partial charge on any atom is -0.487 e. The first-order valence-corrected chi connectivity index (χ1v) is 6.63. The molecule has 0 fully saturated rings. The van der Waals surface area contributed by atoms with E-state index in [1.807, 2.05) is 13.0 Å². The fourth-order valence-corrected chi connectivity index (χ4v) is 2.05. The first-order valence-electron chi connectivity index (χ1n) is 6.26. The summed E-state index contributed by atoms with van der Waals surface area (Å²) in [4.78, 5) is 10.5. The Morgan fingerprint density at radius 1 is 1.50 bits per heavy atom. The number of nitrogens with zero attached hydrogens (tertiary/aromatic N) is 2. The summed E-state index contributed by atoms with van der Waals surface area (Å²) >= 11 is 6.22. The number of rotatable bonds is 6. The Balaban J connectivity index is 3.48. The molecular formula is C14H15ClN2O3. The van der Waals surface area contributed by atoms with Crippen LogP contribution in [0.4, 0.5) is 5.69 Å². The highest BCUT2D eigenvalue weighted by molar-refractivity contribution is 6.50. The number of nitro groups is 1. The third kappa shape index (κ3) is 3.49. The van der Waals surface area contributed by atoms with Crippen LogP contribution in [0.1, 0.15) is 32.3 Å². The molecule has 0 saturated heterocycles. The van der Waals surface area contributed by atoms with E-state index in [0.717, 1.165) is 6.42 Å². The molecule has 106 valence electrons. The van der Waals surface area contributed by atoms with Crippen molar-refractivity contribution in [1.82, 2.24) is 0 Å². The molecule has 0 bridgehead atoms. The average molecular weight is 295 g/mol. The Hall–Kier alpha value is -2.06. The molecule has 5 nitrogen and oxygen atoms in total. The van der Waals surface area contributed by atoms with E-state index >= 15 is 0 Å². The minimum atomic E-state index is -0.523. The van der Waals surface area contributed by atoms with E-state index in [4.69, 9.17) is 21.6 Å². The highest BCUT2D eigenvalue weighted by Gasteiger charge is 2.21. The maximum absolute atomic E-state index is 11.0. The molecule has 0 aliphatic heterocycles. The number of nitriles is 1. The van der Waals surface area contributed by atoms with E-state index in [1.54, 1.807) is 13.0 Å². The summed E-state index contributed by atoms with van der Waals surface area (Å²) in [5.74, 6) is 0.105. The Kier molecular flexibility index (Phi) is 6.01. The maximum Gasteiger partial charge on any atom is 0.311 e. The smallest absolute Gasteiger partial charge is 0.311 e. The van der Waals surface area contributed by atoms with Crippen LogP contribution in [-0.2, 0) is 0 Å². The number of para-hydroxylation sites is 1. The van der Waals surface area contributed by atoms with Crippen molar-refractivity contribution in [2.45, 2.75) is 26.7 Å². The minimum absolute atomic E-state index is 0.105. The molecule has 0 radical (unpaired) electrons. The summed E-state index contributed by atoms with van der Waals surface area (Å²) in [6, 6.07) is 6.54. The van der Waals surface area contributed by atoms with Gasteiger partial charge in [-0.1, -0.05) is 31.0 Å². The SMILES string of the molecule is CCC/C(C#N)=C(/Cl)c1cccc([N+](=O)[O-])c1OCC. The fourth-order valence-electron chi connectivity index (χ4n) is 1.76. The van der Waals surface area contributed by atoms with Gasteiger partial charge in [0.15, 0.2) is 0 Å². The second-order valence-corrected chi connectivity index (χ2v) is 4.38. The lowest BCUT2D eigenvalue weighted by atomic mass is 10.1. The van der Waals surface area contributed by atoms with Gasteiger partial charge in [-0.05, 0) is 19.4 Å². The van der Waals surface area contributed by atoms with Crippen molar-refractivity contribution in [2.24, 2.45) is 0 Å². The van der Waals surface area contributed by atoms with Gasteiger partial charge < -0.3 is 4.74 Å². The molecule has 0 atom stereocenters. The average Bonchev–Trinajstić information content (AvgIpc) is 2.44. The molecule has 0 aliphatic rings. The van der Waals surface area contributed by atoms with Crippen LogP contribution in [0.3, 0.4) is 0 Å². The molecule has 0 spiro atoms. The summed E-state index contributed by atoms with van der Waals surface area (Å²) in [7, 11) is 0. The first-order chi connectivity index (χ1) is 9.56. The number of benzene rings is 1. The standard InChI is InChI=1S/C14H15ClN2O3/c1-3-6-10(9-16)13(15)11-7-5-8-12(17(18)19)14(11)20-4-2/h5,7-8H,3-4,6H2,1-2H3/b13-10-. The third-order valence-corrected chi connectivity index (χ3v) is 3.05. The van der Waals surface area contributed by atoms with E-state index in [-0.39, 0.29) is 23.1 Å². The van der Waals surface area contributed by atoms with Crippen LogP contribution in [0.15, 0.2) is 23.8 Å². The fraction of sp³-hybridized carbons (Fsp3) is 0.357. The van der Waals surface area contributed by atoms with Crippen molar-refractivity contribution in [3.63, 3.8) is 0 Å². The van der Waals surface area contributed by atoms with Gasteiger partial charge in [0.2, 0.25) is 5.75 Å². The van der Waals surface area contributed by atoms with Gasteiger partial charge in [0.1, 0.15) is 0 Å². The lowest BCUT2D eigenvalue weighted by Crippen LogP contribution is -2.01. The predicted molar refractivity (Wildman–Crippen MR) is 77.6 cm³/mol. The van der Waals surface area contributed by atoms with Gasteiger partial charge >= 0.3 is 5.69 Å². The van der Waals surface area contributed by atoms with Crippen molar-refractivity contribution in [3.8, 4) is 11.8 Å². The van der Waals surface area contributed by atoms with E-state index < -0.39 is 4.92 Å². The molecule has 1 aromatic rings. The van der Waals surface area contributed by atoms with E-state index in [2.05, 4.69) is 0 Å². The highest BCUT2D eigenvalue weighted by atomic mass is 35.5. The lowest BCUT2D eigenvalue weighted by molar-refractivity contribution is -0.385. The Morgan fingerprint density at radius 3 is 2.70 bits per heavy atom. The molecule has 1 aromatic carbocycles. The van der Waals surface area contributed by atoms with E-state index in [9.17, 15) is 10.1 Å². The van der Waals surface area contributed by atoms with Gasteiger partial charge in [-0.15, -0.1) is 0 Å². The van der Waals surface area contributed by atoms with Crippen LogP contribution in [0.25, 0.3) is 5.03 Å². The van der Waals surface area contributed by atoms with Crippen LogP contribution in [0, 0.1) is 21.4 Å². The summed E-state index contributed by atoms with van der Waals surface area (Å²) < 4.78 is 5.35. The molecule has 0 amide bonds. The molecule has 6 heteroatoms. The third-order valence-electron chi connectivity index (χ3n) is 2.62. The van der Waals surface area contributed by atoms with Gasteiger partial charge in [0.05, 0.1) is 22.6 Å². The zero-order valence-corrected chi connectivity index (χ0v) is 12.1. The maximum atomic E-state index is 11.0. The predicted octanol–water partition coefficient (Wildman–Crippen LogP) is 4.27. The van der Waals surface area contributed by atoms with Gasteiger partial charge in [-0.2, -0.15) is 5.26 Å². The monoisotopic (exact) mass is 294 g/mol. The number of hydrogen-bond acceptors (Lipinski definition) is 4. The van der Waals surface area contributed by atoms with Gasteiger partial charge in [0.25, 0.3) is 0 Å². The van der Waals surface area contributed by atoms with Crippen molar-refractivity contribution >= 4 is 22.3 Å². The molecule has 20 heavy (non-hydrogen) atoms. The lowest BCUT2D eigenvalue weighted by Gasteiger charge is -2.11. The van der Waals surface area contributed by atoms with Crippen molar-refractivity contribution in [3.05, 3.63) is 39.4 Å². The molecular weight excluding hydrogens is 280 g/mol. The molecule has 0 unspecified atom stereocenters. The van der Waals surface area contributed by atoms with E-state index in [1.165, 1.54) is 12.1 Å². The summed E-state index contributed by atoms with van der Waals surface area (Å²) in [5, 5.41) is 20.4. The summed E-state index contributed by atoms with van der Waals surface area (Å²) in [6.07, 6.45) is 1.28. The topological polar surface area (TPSA) is 76.2 Å². The highest BCUT2D eigenvalue weighted by Crippen LogP contribution is 2.38. The zero-order chi connectivity index (χ0) is 15.1. The molecule has 0 saturated carbocycles. The Labute approximate surface area is 122 Å². The van der Waals surface area contributed by atoms with E-state index in [0.29, 0.717) is 17.6 Å². The number of halogens is 1.